The Kier molecular flexibility index (Phi) is 5.22. The largest absolute Gasteiger partial charge is 0.444 e. The summed E-state index contributed by atoms with van der Waals surface area (Å²) in [5, 5.41) is 12.3. The van der Waals surface area contributed by atoms with Crippen LogP contribution in [0.25, 0.3) is 0 Å². The van der Waals surface area contributed by atoms with Crippen molar-refractivity contribution < 1.29 is 19.4 Å². The average molecular weight is 355 g/mol. The molecule has 7 nitrogen and oxygen atoms in total. The van der Waals surface area contributed by atoms with Gasteiger partial charge in [-0.1, -0.05) is 0 Å². The van der Waals surface area contributed by atoms with Crippen molar-refractivity contribution in [1.29, 1.82) is 0 Å². The third-order valence-electron chi connectivity index (χ3n) is 3.72. The smallest absolute Gasteiger partial charge is 0.411 e. The molecule has 1 aliphatic heterocycles. The average Bonchev–Trinajstić information content (AvgIpc) is 2.89. The highest BCUT2D eigenvalue weighted by molar-refractivity contribution is 7.10. The van der Waals surface area contributed by atoms with E-state index in [9.17, 15) is 14.7 Å². The molecular weight excluding hydrogens is 330 g/mol. The Morgan fingerprint density at radius 1 is 1.46 bits per heavy atom. The van der Waals surface area contributed by atoms with Crippen molar-refractivity contribution in [3.63, 3.8) is 0 Å². The van der Waals surface area contributed by atoms with Crippen LogP contribution in [0.4, 0.5) is 4.79 Å². The lowest BCUT2D eigenvalue weighted by molar-refractivity contribution is -0.135. The van der Waals surface area contributed by atoms with Gasteiger partial charge >= 0.3 is 6.09 Å². The lowest BCUT2D eigenvalue weighted by Gasteiger charge is -2.39. The molecular formula is C16H25N3O4S. The monoisotopic (exact) mass is 355 g/mol. The molecule has 0 saturated heterocycles. The van der Waals surface area contributed by atoms with Crippen LogP contribution in [0.1, 0.15) is 48.9 Å². The molecule has 0 fully saturated rings. The first-order chi connectivity index (χ1) is 11.1. The van der Waals surface area contributed by atoms with Crippen LogP contribution in [-0.4, -0.2) is 53.1 Å². The first-order valence-electron chi connectivity index (χ1n) is 7.76. The van der Waals surface area contributed by atoms with Gasteiger partial charge in [-0.3, -0.25) is 9.69 Å². The highest BCUT2D eigenvalue weighted by Gasteiger charge is 2.43. The number of thiophene rings is 1. The topological polar surface area (TPSA) is 96.1 Å². The molecule has 2 heterocycles. The highest BCUT2D eigenvalue weighted by Crippen LogP contribution is 2.42. The fourth-order valence-corrected chi connectivity index (χ4v) is 3.77. The minimum Gasteiger partial charge on any atom is -0.444 e. The normalized spacial score (nSPS) is 20.5. The number of hydrogen-bond donors (Lipinski definition) is 2. The minimum atomic E-state index is -0.857. The number of amides is 2. The zero-order valence-electron chi connectivity index (χ0n) is 14.7. The molecule has 1 aromatic rings. The molecule has 0 spiro atoms. The number of rotatable bonds is 2. The van der Waals surface area contributed by atoms with Gasteiger partial charge in [-0.2, -0.15) is 0 Å². The molecule has 2 atom stereocenters. The van der Waals surface area contributed by atoms with Gasteiger partial charge in [0, 0.05) is 31.1 Å². The van der Waals surface area contributed by atoms with Crippen LogP contribution in [0, 0.1) is 0 Å². The summed E-state index contributed by atoms with van der Waals surface area (Å²) in [5.41, 5.74) is 6.49. The highest BCUT2D eigenvalue weighted by atomic mass is 32.1. The first kappa shape index (κ1) is 18.7. The van der Waals surface area contributed by atoms with Crippen molar-refractivity contribution in [2.75, 3.05) is 20.6 Å². The fraction of sp³-hybridized carbons (Fsp3) is 0.625. The number of hydrogen-bond acceptors (Lipinski definition) is 6. The van der Waals surface area contributed by atoms with E-state index in [0.717, 1.165) is 5.56 Å². The van der Waals surface area contributed by atoms with Crippen LogP contribution in [0.5, 0.6) is 0 Å². The molecule has 2 rings (SSSR count). The zero-order chi connectivity index (χ0) is 18.2. The third kappa shape index (κ3) is 3.55. The van der Waals surface area contributed by atoms with Crippen LogP contribution in [0.3, 0.4) is 0 Å². The number of likely N-dealkylation sites (N-methyl/N-ethyl adjacent to an activating group) is 1. The third-order valence-corrected chi connectivity index (χ3v) is 4.87. The van der Waals surface area contributed by atoms with Crippen LogP contribution in [0.15, 0.2) is 5.38 Å². The molecule has 2 unspecified atom stereocenters. The summed E-state index contributed by atoms with van der Waals surface area (Å²) < 4.78 is 5.43. The molecule has 24 heavy (non-hydrogen) atoms. The Morgan fingerprint density at radius 3 is 2.58 bits per heavy atom. The number of carbonyl (C=O) groups is 2. The molecule has 0 saturated carbocycles. The summed E-state index contributed by atoms with van der Waals surface area (Å²) in [7, 11) is 3.27. The summed E-state index contributed by atoms with van der Waals surface area (Å²) in [5.74, 6) is -0.248. The van der Waals surface area contributed by atoms with Crippen molar-refractivity contribution in [2.45, 2.75) is 45.1 Å². The van der Waals surface area contributed by atoms with Gasteiger partial charge in [0.2, 0.25) is 5.91 Å². The van der Waals surface area contributed by atoms with Crippen LogP contribution >= 0.6 is 11.3 Å². The number of aliphatic hydroxyl groups is 1. The maximum atomic E-state index is 12.8. The van der Waals surface area contributed by atoms with Crippen LogP contribution in [-0.2, 0) is 16.1 Å². The van der Waals surface area contributed by atoms with Gasteiger partial charge in [0.05, 0.1) is 6.54 Å². The van der Waals surface area contributed by atoms with E-state index in [0.29, 0.717) is 10.4 Å². The molecule has 8 heteroatoms. The van der Waals surface area contributed by atoms with E-state index in [1.54, 1.807) is 34.9 Å². The number of fused-ring (bicyclic) bond motifs is 1. The molecule has 1 aromatic heterocycles. The standard InChI is InChI=1S/C16H25N3O4S/c1-16(2,3)23-15(22)19-7-10(20)13-11(9(6-17)8-24-13)12(19)14(21)18(4)5/h8,10,12,20H,6-7,17H2,1-5H3. The maximum absolute atomic E-state index is 12.8. The quantitative estimate of drug-likeness (QED) is 0.840. The van der Waals surface area contributed by atoms with Gasteiger partial charge in [0.15, 0.2) is 0 Å². The van der Waals surface area contributed by atoms with E-state index in [-0.39, 0.29) is 19.0 Å². The second kappa shape index (κ2) is 6.70. The van der Waals surface area contributed by atoms with Gasteiger partial charge in [-0.25, -0.2) is 4.79 Å². The molecule has 0 aliphatic carbocycles. The fourth-order valence-electron chi connectivity index (χ4n) is 2.68. The number of ether oxygens (including phenoxy) is 1. The molecule has 0 bridgehead atoms. The van der Waals surface area contributed by atoms with E-state index in [2.05, 4.69) is 0 Å². The van der Waals surface area contributed by atoms with Gasteiger partial charge in [-0.05, 0) is 31.7 Å². The molecule has 2 amide bonds. The Labute approximate surface area is 146 Å². The first-order valence-corrected chi connectivity index (χ1v) is 8.63. The molecule has 0 aromatic carbocycles. The zero-order valence-corrected chi connectivity index (χ0v) is 15.5. The van der Waals surface area contributed by atoms with E-state index in [1.165, 1.54) is 21.1 Å². The Bertz CT molecular complexity index is 636. The molecule has 3 N–H and O–H groups in total. The Morgan fingerprint density at radius 2 is 2.08 bits per heavy atom. The second-order valence-corrected chi connectivity index (χ2v) is 7.94. The Balaban J connectivity index is 2.50. The Hall–Kier alpha value is -1.64. The van der Waals surface area contributed by atoms with E-state index < -0.39 is 23.8 Å². The van der Waals surface area contributed by atoms with Gasteiger partial charge in [0.25, 0.3) is 0 Å². The van der Waals surface area contributed by atoms with Crippen molar-refractivity contribution in [2.24, 2.45) is 5.73 Å². The molecule has 0 radical (unpaired) electrons. The van der Waals surface area contributed by atoms with Crippen LogP contribution < -0.4 is 5.73 Å². The van der Waals surface area contributed by atoms with Crippen molar-refractivity contribution >= 4 is 23.3 Å². The van der Waals surface area contributed by atoms with Crippen molar-refractivity contribution in [3.8, 4) is 0 Å². The second-order valence-electron chi connectivity index (χ2n) is 7.03. The van der Waals surface area contributed by atoms with Gasteiger partial charge < -0.3 is 20.5 Å². The van der Waals surface area contributed by atoms with Crippen LogP contribution in [0.2, 0.25) is 0 Å². The summed E-state index contributed by atoms with van der Waals surface area (Å²) in [6.07, 6.45) is -1.48. The van der Waals surface area contributed by atoms with E-state index in [4.69, 9.17) is 10.5 Å². The molecule has 1 aliphatic rings. The minimum absolute atomic E-state index is 0.0106. The lowest BCUT2D eigenvalue weighted by Crippen LogP contribution is -2.49. The summed E-state index contributed by atoms with van der Waals surface area (Å²) >= 11 is 1.36. The summed E-state index contributed by atoms with van der Waals surface area (Å²) in [6.45, 7) is 5.52. The lowest BCUT2D eigenvalue weighted by atomic mass is 9.93. The van der Waals surface area contributed by atoms with Gasteiger partial charge in [-0.15, -0.1) is 11.3 Å². The number of aliphatic hydroxyl groups excluding tert-OH is 1. The van der Waals surface area contributed by atoms with E-state index >= 15 is 0 Å². The summed E-state index contributed by atoms with van der Waals surface area (Å²) in [6, 6.07) is -0.835. The predicted octanol–water partition coefficient (Wildman–Crippen LogP) is 1.62. The molecule has 134 valence electrons. The van der Waals surface area contributed by atoms with Gasteiger partial charge in [0.1, 0.15) is 17.7 Å². The SMILES string of the molecule is CN(C)C(=O)C1c2c(CN)csc2C(O)CN1C(=O)OC(C)(C)C. The summed E-state index contributed by atoms with van der Waals surface area (Å²) in [4.78, 5) is 28.8. The van der Waals surface area contributed by atoms with E-state index in [1.807, 2.05) is 5.38 Å². The number of nitrogens with two attached hydrogens (primary N) is 1. The predicted molar refractivity (Wildman–Crippen MR) is 91.5 cm³/mol. The number of β-amino-alcohol motifs (C(OH)–C–C–N with tert-alkyl or cyclic N) is 1. The maximum Gasteiger partial charge on any atom is 0.411 e. The number of carbonyl (C=O) groups excluding carboxylic acids is 2. The van der Waals surface area contributed by atoms with Crippen molar-refractivity contribution in [1.82, 2.24) is 9.80 Å². The number of nitrogens with zero attached hydrogens (tertiary/aromatic N) is 2. The van der Waals surface area contributed by atoms with Crippen molar-refractivity contribution in [3.05, 3.63) is 21.4 Å².